The summed E-state index contributed by atoms with van der Waals surface area (Å²) in [5.74, 6) is -1.13. The van der Waals surface area contributed by atoms with Crippen molar-refractivity contribution in [2.45, 2.75) is 38.8 Å². The van der Waals surface area contributed by atoms with Crippen LogP contribution in [0.5, 0.6) is 0 Å². The summed E-state index contributed by atoms with van der Waals surface area (Å²) >= 11 is 4.85. The summed E-state index contributed by atoms with van der Waals surface area (Å²) in [5, 5.41) is 11.6. The van der Waals surface area contributed by atoms with Crippen LogP contribution in [0, 0.1) is 0 Å². The smallest absolute Gasteiger partial charge is 0.408 e. The van der Waals surface area contributed by atoms with E-state index in [4.69, 9.17) is 22.7 Å². The SMILES string of the molecule is CC(C)(C)OC(=O)NC(Cc1ccc(C(N)=S)cc1)C(=O)O. The Bertz CT molecular complexity index is 564. The molecule has 7 heteroatoms. The Balaban J connectivity index is 2.74. The van der Waals surface area contributed by atoms with E-state index in [2.05, 4.69) is 5.32 Å². The van der Waals surface area contributed by atoms with Crippen molar-refractivity contribution in [3.8, 4) is 0 Å². The molecule has 1 aromatic rings. The van der Waals surface area contributed by atoms with E-state index in [9.17, 15) is 14.7 Å². The molecule has 0 fully saturated rings. The zero-order valence-corrected chi connectivity index (χ0v) is 13.6. The van der Waals surface area contributed by atoms with E-state index in [1.54, 1.807) is 45.0 Å². The van der Waals surface area contributed by atoms with Gasteiger partial charge in [-0.1, -0.05) is 36.5 Å². The first-order valence-corrected chi connectivity index (χ1v) is 7.10. The number of amides is 1. The molecule has 0 aliphatic rings. The Morgan fingerprint density at radius 3 is 2.27 bits per heavy atom. The third-order valence-electron chi connectivity index (χ3n) is 2.67. The highest BCUT2D eigenvalue weighted by atomic mass is 32.1. The van der Waals surface area contributed by atoms with Crippen molar-refractivity contribution < 1.29 is 19.4 Å². The molecule has 0 aliphatic carbocycles. The molecule has 22 heavy (non-hydrogen) atoms. The minimum Gasteiger partial charge on any atom is -0.480 e. The second-order valence-corrected chi connectivity index (χ2v) is 6.24. The van der Waals surface area contributed by atoms with Crippen molar-refractivity contribution in [2.24, 2.45) is 5.73 Å². The molecular weight excluding hydrogens is 304 g/mol. The Kier molecular flexibility index (Phi) is 5.87. The lowest BCUT2D eigenvalue weighted by Crippen LogP contribution is -2.44. The molecule has 1 rings (SSSR count). The topological polar surface area (TPSA) is 102 Å². The van der Waals surface area contributed by atoms with Gasteiger partial charge >= 0.3 is 12.1 Å². The van der Waals surface area contributed by atoms with Crippen LogP contribution in [0.3, 0.4) is 0 Å². The van der Waals surface area contributed by atoms with E-state index in [-0.39, 0.29) is 11.4 Å². The van der Waals surface area contributed by atoms with Gasteiger partial charge < -0.3 is 20.9 Å². The normalized spacial score (nSPS) is 12.3. The standard InChI is InChI=1S/C15H20N2O4S/c1-15(2,3)21-14(20)17-11(13(18)19)8-9-4-6-10(7-5-9)12(16)22/h4-7,11H,8H2,1-3H3,(H2,16,22)(H,17,20)(H,18,19). The molecule has 1 amide bonds. The minimum absolute atomic E-state index is 0.131. The Morgan fingerprint density at radius 2 is 1.86 bits per heavy atom. The summed E-state index contributed by atoms with van der Waals surface area (Å²) in [4.78, 5) is 23.2. The van der Waals surface area contributed by atoms with Crippen LogP contribution in [0.2, 0.25) is 0 Å². The number of hydrogen-bond donors (Lipinski definition) is 3. The van der Waals surface area contributed by atoms with Crippen LogP contribution in [0.1, 0.15) is 31.9 Å². The third kappa shape index (κ3) is 6.09. The number of carbonyl (C=O) groups excluding carboxylic acids is 1. The number of alkyl carbamates (subject to hydrolysis) is 1. The van der Waals surface area contributed by atoms with Gasteiger partial charge in [0.1, 0.15) is 16.6 Å². The third-order valence-corrected chi connectivity index (χ3v) is 2.90. The highest BCUT2D eigenvalue weighted by Gasteiger charge is 2.24. The fraction of sp³-hybridized carbons (Fsp3) is 0.400. The zero-order chi connectivity index (χ0) is 16.9. The van der Waals surface area contributed by atoms with E-state index >= 15 is 0 Å². The zero-order valence-electron chi connectivity index (χ0n) is 12.8. The van der Waals surface area contributed by atoms with Crippen molar-refractivity contribution in [1.82, 2.24) is 5.32 Å². The number of carboxylic acid groups (broad SMARTS) is 1. The molecule has 4 N–H and O–H groups in total. The predicted molar refractivity (Wildman–Crippen MR) is 86.8 cm³/mol. The second kappa shape index (κ2) is 7.22. The van der Waals surface area contributed by atoms with Crippen molar-refractivity contribution in [3.63, 3.8) is 0 Å². The van der Waals surface area contributed by atoms with Crippen LogP contribution in [-0.2, 0) is 16.0 Å². The fourth-order valence-corrected chi connectivity index (χ4v) is 1.83. The highest BCUT2D eigenvalue weighted by molar-refractivity contribution is 7.80. The molecule has 0 heterocycles. The number of nitrogens with one attached hydrogen (secondary N) is 1. The molecule has 0 saturated heterocycles. The number of nitrogens with two attached hydrogens (primary N) is 1. The largest absolute Gasteiger partial charge is 0.480 e. The number of benzene rings is 1. The average molecular weight is 324 g/mol. The number of ether oxygens (including phenoxy) is 1. The van der Waals surface area contributed by atoms with Crippen LogP contribution in [-0.4, -0.2) is 33.8 Å². The van der Waals surface area contributed by atoms with Gasteiger partial charge in [0.15, 0.2) is 0 Å². The highest BCUT2D eigenvalue weighted by Crippen LogP contribution is 2.10. The molecule has 1 atom stereocenters. The molecule has 0 aromatic heterocycles. The molecule has 6 nitrogen and oxygen atoms in total. The molecule has 0 bridgehead atoms. The molecule has 120 valence electrons. The minimum atomic E-state index is -1.13. The molecule has 0 radical (unpaired) electrons. The summed E-state index contributed by atoms with van der Waals surface area (Å²) in [7, 11) is 0. The van der Waals surface area contributed by atoms with Crippen LogP contribution < -0.4 is 11.1 Å². The maximum Gasteiger partial charge on any atom is 0.408 e. The van der Waals surface area contributed by atoms with Gasteiger partial charge in [-0.15, -0.1) is 0 Å². The first-order valence-electron chi connectivity index (χ1n) is 6.69. The Hall–Kier alpha value is -2.15. The summed E-state index contributed by atoms with van der Waals surface area (Å²) in [6.07, 6.45) is -0.633. The number of rotatable bonds is 5. The average Bonchev–Trinajstić information content (AvgIpc) is 2.36. The number of hydrogen-bond acceptors (Lipinski definition) is 4. The van der Waals surface area contributed by atoms with Gasteiger partial charge in [0.2, 0.25) is 0 Å². The van der Waals surface area contributed by atoms with Crippen molar-refractivity contribution in [1.29, 1.82) is 0 Å². The number of thiocarbonyl (C=S) groups is 1. The predicted octanol–water partition coefficient (Wildman–Crippen LogP) is 1.84. The van der Waals surface area contributed by atoms with E-state index < -0.39 is 23.7 Å². The van der Waals surface area contributed by atoms with Gasteiger partial charge in [0.25, 0.3) is 0 Å². The molecule has 0 spiro atoms. The van der Waals surface area contributed by atoms with Crippen LogP contribution >= 0.6 is 12.2 Å². The Morgan fingerprint density at radius 1 is 1.32 bits per heavy atom. The van der Waals surface area contributed by atoms with Crippen LogP contribution in [0.4, 0.5) is 4.79 Å². The fourth-order valence-electron chi connectivity index (χ4n) is 1.69. The molecule has 0 saturated carbocycles. The van der Waals surface area contributed by atoms with Gasteiger partial charge in [-0.05, 0) is 26.3 Å². The molecule has 1 aromatic carbocycles. The maximum absolute atomic E-state index is 11.7. The summed E-state index contributed by atoms with van der Waals surface area (Å²) < 4.78 is 5.06. The van der Waals surface area contributed by atoms with Gasteiger partial charge in [-0.25, -0.2) is 9.59 Å². The van der Waals surface area contributed by atoms with Crippen LogP contribution in [0.25, 0.3) is 0 Å². The van der Waals surface area contributed by atoms with Gasteiger partial charge in [-0.3, -0.25) is 0 Å². The maximum atomic E-state index is 11.7. The number of carboxylic acids is 1. The summed E-state index contributed by atoms with van der Waals surface area (Å²) in [6, 6.07) is 5.79. The van der Waals surface area contributed by atoms with E-state index in [0.29, 0.717) is 5.56 Å². The monoisotopic (exact) mass is 324 g/mol. The Labute approximate surface area is 134 Å². The van der Waals surface area contributed by atoms with Gasteiger partial charge in [0, 0.05) is 12.0 Å². The molecule has 0 aliphatic heterocycles. The molecule has 1 unspecified atom stereocenters. The number of carbonyl (C=O) groups is 2. The quantitative estimate of drug-likeness (QED) is 0.714. The van der Waals surface area contributed by atoms with E-state index in [1.807, 2.05) is 0 Å². The lowest BCUT2D eigenvalue weighted by Gasteiger charge is -2.22. The van der Waals surface area contributed by atoms with Crippen molar-refractivity contribution in [3.05, 3.63) is 35.4 Å². The first-order chi connectivity index (χ1) is 10.1. The lowest BCUT2D eigenvalue weighted by molar-refractivity contribution is -0.139. The van der Waals surface area contributed by atoms with E-state index in [1.165, 1.54) is 0 Å². The van der Waals surface area contributed by atoms with Crippen molar-refractivity contribution >= 4 is 29.3 Å². The molecular formula is C15H20N2O4S. The van der Waals surface area contributed by atoms with Gasteiger partial charge in [0.05, 0.1) is 0 Å². The van der Waals surface area contributed by atoms with Crippen molar-refractivity contribution in [2.75, 3.05) is 0 Å². The van der Waals surface area contributed by atoms with Crippen LogP contribution in [0.15, 0.2) is 24.3 Å². The first kappa shape index (κ1) is 17.9. The number of aliphatic carboxylic acids is 1. The van der Waals surface area contributed by atoms with E-state index in [0.717, 1.165) is 5.56 Å². The summed E-state index contributed by atoms with van der Waals surface area (Å²) in [5.41, 5.74) is 6.25. The van der Waals surface area contributed by atoms with Gasteiger partial charge in [-0.2, -0.15) is 0 Å². The second-order valence-electron chi connectivity index (χ2n) is 5.80. The summed E-state index contributed by atoms with van der Waals surface area (Å²) in [6.45, 7) is 5.12. The lowest BCUT2D eigenvalue weighted by atomic mass is 10.0.